The van der Waals surface area contributed by atoms with Crippen molar-refractivity contribution in [1.29, 1.82) is 0 Å². The summed E-state index contributed by atoms with van der Waals surface area (Å²) in [6.45, 7) is 1.64. The van der Waals surface area contributed by atoms with Gasteiger partial charge in [-0.15, -0.1) is 0 Å². The molecule has 0 rings (SSSR count). The zero-order valence-electron chi connectivity index (χ0n) is 5.45. The van der Waals surface area contributed by atoms with E-state index in [1.165, 1.54) is 0 Å². The molecule has 0 bridgehead atoms. The Hall–Kier alpha value is -0.230. The summed E-state index contributed by atoms with van der Waals surface area (Å²) in [5.74, 6) is 0. The maximum Gasteiger partial charge on any atom is 0.297 e. The second-order valence-electron chi connectivity index (χ2n) is 1.71. The molecule has 0 saturated carbocycles. The van der Waals surface area contributed by atoms with E-state index < -0.39 is 15.6 Å². The number of halogens is 2. The highest BCUT2D eigenvalue weighted by molar-refractivity contribution is 7.86. The predicted octanol–water partition coefficient (Wildman–Crippen LogP) is 1.12. The van der Waals surface area contributed by atoms with E-state index in [9.17, 15) is 12.8 Å². The van der Waals surface area contributed by atoms with Crippen molar-refractivity contribution in [2.45, 2.75) is 25.3 Å². The molecule has 0 aromatic rings. The molecular weight excluding hydrogens is 166 g/mol. The fourth-order valence-electron chi connectivity index (χ4n) is 0.376. The lowest BCUT2D eigenvalue weighted by Crippen LogP contribution is -2.13. The Balaban J connectivity index is 0. The Morgan fingerprint density at radius 1 is 1.60 bits per heavy atom. The minimum absolute atomic E-state index is 0. The second-order valence-corrected chi connectivity index (χ2v) is 3.26. The normalized spacial score (nSPS) is 13.9. The molecule has 6 heteroatoms. The molecule has 0 amide bonds. The minimum atomic E-state index is -4.43. The summed E-state index contributed by atoms with van der Waals surface area (Å²) >= 11 is 0. The van der Waals surface area contributed by atoms with Crippen LogP contribution in [0.2, 0.25) is 0 Å². The Labute approximate surface area is 58.4 Å². The fourth-order valence-corrected chi connectivity index (χ4v) is 0.909. The van der Waals surface area contributed by atoms with E-state index >= 15 is 0 Å². The van der Waals surface area contributed by atoms with Crippen molar-refractivity contribution in [2.24, 2.45) is 0 Å². The van der Waals surface area contributed by atoms with Crippen LogP contribution in [0.1, 0.15) is 19.8 Å². The van der Waals surface area contributed by atoms with Gasteiger partial charge in [-0.05, 0) is 6.42 Å². The third-order valence-corrected chi connectivity index (χ3v) is 1.72. The highest BCUT2D eigenvalue weighted by atomic mass is 32.2. The van der Waals surface area contributed by atoms with Gasteiger partial charge in [0.05, 0.1) is 0 Å². The van der Waals surface area contributed by atoms with Crippen LogP contribution in [0.15, 0.2) is 0 Å². The summed E-state index contributed by atoms with van der Waals surface area (Å²) in [6.07, 6.45) is 0.264. The molecule has 1 atom stereocenters. The van der Waals surface area contributed by atoms with Gasteiger partial charge < -0.3 is 0 Å². The number of hydrogen-bond donors (Lipinski definition) is 1. The van der Waals surface area contributed by atoms with Crippen LogP contribution in [0.3, 0.4) is 0 Å². The molecular formula is C4H10F2O3S. The Morgan fingerprint density at radius 2 is 2.00 bits per heavy atom. The summed E-state index contributed by atoms with van der Waals surface area (Å²) in [5.41, 5.74) is -2.11. The number of hydrogen-bond acceptors (Lipinski definition) is 2. The van der Waals surface area contributed by atoms with E-state index in [-0.39, 0.29) is 11.1 Å². The van der Waals surface area contributed by atoms with Crippen LogP contribution in [-0.4, -0.2) is 18.5 Å². The standard InChI is InChI=1S/C4H9FO3S.FH/c1-2-3-4(5)9(6,7)8;/h4H,2-3H2,1H3,(H,6,7,8);1H. The zero-order valence-corrected chi connectivity index (χ0v) is 6.27. The molecule has 3 nitrogen and oxygen atoms in total. The van der Waals surface area contributed by atoms with Crippen LogP contribution in [0.4, 0.5) is 9.09 Å². The largest absolute Gasteiger partial charge is 0.297 e. The highest BCUT2D eigenvalue weighted by Crippen LogP contribution is 2.06. The van der Waals surface area contributed by atoms with E-state index in [2.05, 4.69) is 0 Å². The molecule has 0 aromatic carbocycles. The smallest absolute Gasteiger partial charge is 0.283 e. The van der Waals surface area contributed by atoms with Gasteiger partial charge in [0.25, 0.3) is 10.1 Å². The Morgan fingerprint density at radius 3 is 2.10 bits per heavy atom. The van der Waals surface area contributed by atoms with Gasteiger partial charge in [0, 0.05) is 0 Å². The van der Waals surface area contributed by atoms with Crippen LogP contribution in [0.5, 0.6) is 0 Å². The van der Waals surface area contributed by atoms with Gasteiger partial charge in [-0.2, -0.15) is 8.42 Å². The van der Waals surface area contributed by atoms with Crippen LogP contribution in [0, 0.1) is 0 Å². The van der Waals surface area contributed by atoms with Gasteiger partial charge in [-0.1, -0.05) is 13.3 Å². The van der Waals surface area contributed by atoms with Crippen molar-refractivity contribution >= 4 is 10.1 Å². The van der Waals surface area contributed by atoms with Crippen molar-refractivity contribution in [3.63, 3.8) is 0 Å². The molecule has 0 spiro atoms. The molecule has 0 heterocycles. The zero-order chi connectivity index (χ0) is 7.49. The molecule has 0 radical (unpaired) electrons. The van der Waals surface area contributed by atoms with E-state index in [1.54, 1.807) is 6.92 Å². The van der Waals surface area contributed by atoms with Crippen molar-refractivity contribution in [3.05, 3.63) is 0 Å². The Kier molecular flexibility index (Phi) is 5.68. The summed E-state index contributed by atoms with van der Waals surface area (Å²) in [7, 11) is -4.43. The van der Waals surface area contributed by atoms with Crippen molar-refractivity contribution < 1.29 is 22.1 Å². The van der Waals surface area contributed by atoms with Crippen LogP contribution >= 0.6 is 0 Å². The number of rotatable bonds is 3. The van der Waals surface area contributed by atoms with Crippen LogP contribution < -0.4 is 0 Å². The quantitative estimate of drug-likeness (QED) is 0.655. The average Bonchev–Trinajstić information content (AvgIpc) is 1.64. The molecule has 0 fully saturated rings. The molecule has 0 aromatic heterocycles. The van der Waals surface area contributed by atoms with Crippen molar-refractivity contribution in [2.75, 3.05) is 0 Å². The maximum atomic E-state index is 12.1. The fraction of sp³-hybridized carbons (Fsp3) is 1.00. The first-order chi connectivity index (χ1) is 3.98. The first-order valence-electron chi connectivity index (χ1n) is 2.59. The first-order valence-corrected chi connectivity index (χ1v) is 4.09. The predicted molar refractivity (Wildman–Crippen MR) is 33.9 cm³/mol. The van der Waals surface area contributed by atoms with Crippen LogP contribution in [0.25, 0.3) is 0 Å². The van der Waals surface area contributed by atoms with Gasteiger partial charge >= 0.3 is 0 Å². The molecule has 0 aliphatic rings. The maximum absolute atomic E-state index is 12.1. The van der Waals surface area contributed by atoms with Crippen LogP contribution in [-0.2, 0) is 10.1 Å². The van der Waals surface area contributed by atoms with Crippen molar-refractivity contribution in [1.82, 2.24) is 0 Å². The number of alkyl halides is 1. The minimum Gasteiger partial charge on any atom is -0.283 e. The summed E-state index contributed by atoms with van der Waals surface area (Å²) in [6, 6.07) is 0. The lowest BCUT2D eigenvalue weighted by Gasteiger charge is -1.99. The van der Waals surface area contributed by atoms with Gasteiger partial charge in [-0.3, -0.25) is 9.26 Å². The SMILES string of the molecule is CCCC(F)S(=O)(=O)O.F. The molecule has 0 aliphatic heterocycles. The van der Waals surface area contributed by atoms with Gasteiger partial charge in [0.15, 0.2) is 0 Å². The summed E-state index contributed by atoms with van der Waals surface area (Å²) in [5, 5.41) is 0. The third-order valence-electron chi connectivity index (χ3n) is 0.839. The highest BCUT2D eigenvalue weighted by Gasteiger charge is 2.19. The first kappa shape index (κ1) is 12.4. The van der Waals surface area contributed by atoms with Crippen molar-refractivity contribution in [3.8, 4) is 0 Å². The van der Waals surface area contributed by atoms with E-state index in [0.717, 1.165) is 0 Å². The molecule has 0 aliphatic carbocycles. The summed E-state index contributed by atoms with van der Waals surface area (Å²) < 4.78 is 39.9. The molecule has 64 valence electrons. The molecule has 10 heavy (non-hydrogen) atoms. The molecule has 1 N–H and O–H groups in total. The van der Waals surface area contributed by atoms with E-state index in [4.69, 9.17) is 4.55 Å². The topological polar surface area (TPSA) is 54.4 Å². The third kappa shape index (κ3) is 4.63. The van der Waals surface area contributed by atoms with E-state index in [1.807, 2.05) is 0 Å². The molecule has 0 saturated heterocycles. The summed E-state index contributed by atoms with van der Waals surface area (Å²) in [4.78, 5) is 0. The monoisotopic (exact) mass is 176 g/mol. The second kappa shape index (κ2) is 4.56. The average molecular weight is 176 g/mol. The van der Waals surface area contributed by atoms with Gasteiger partial charge in [-0.25, -0.2) is 4.39 Å². The Bertz CT molecular complexity index is 165. The van der Waals surface area contributed by atoms with Gasteiger partial charge in [0.1, 0.15) is 0 Å². The lowest BCUT2D eigenvalue weighted by molar-refractivity contribution is 0.357. The lowest BCUT2D eigenvalue weighted by atomic mass is 10.4. The molecule has 1 unspecified atom stereocenters. The van der Waals surface area contributed by atoms with Gasteiger partial charge in [0.2, 0.25) is 5.50 Å². The van der Waals surface area contributed by atoms with E-state index in [0.29, 0.717) is 6.42 Å².